The van der Waals surface area contributed by atoms with Gasteiger partial charge < -0.3 is 84.9 Å². The number of thiol groups is 1. The number of alkyl halides is 1. The molecule has 0 saturated carbocycles. The molecule has 8 aromatic rings. The van der Waals surface area contributed by atoms with Gasteiger partial charge in [-0.1, -0.05) is 12.2 Å². The fourth-order valence-corrected chi connectivity index (χ4v) is 16.5. The topological polar surface area (TPSA) is 522 Å². The Morgan fingerprint density at radius 1 is 0.539 bits per heavy atom. The van der Waals surface area contributed by atoms with Crippen LogP contribution in [-0.2, 0) is 95.1 Å². The van der Waals surface area contributed by atoms with Crippen LogP contribution in [0.1, 0.15) is 31.3 Å². The predicted octanol–water partition coefficient (Wildman–Crippen LogP) is -0.180. The number of nitrogens with zero attached hydrogens (tertiary/aromatic N) is 12. The number of aliphatic hydroxyl groups excluding tert-OH is 2. The molecule has 15 N–H and O–H groups in total. The summed E-state index contributed by atoms with van der Waals surface area (Å²) in [6, 6.07) is 3.10. The molecule has 38 nitrogen and oxygen atoms in total. The highest BCUT2D eigenvalue weighted by Crippen LogP contribution is 2.59. The highest BCUT2D eigenvalue weighted by Gasteiger charge is 2.55. The van der Waals surface area contributed by atoms with Crippen LogP contribution in [0.25, 0.3) is 44.7 Å². The monoisotopic (exact) mass is 1400 g/mol. The molecular formula is C42H49FN18O20P4S4. The number of rotatable bonds is 4. The largest absolute Gasteiger partial charge is 0.397 e. The Labute approximate surface area is 515 Å². The van der Waals surface area contributed by atoms with Gasteiger partial charge in [0.1, 0.15) is 66.0 Å². The maximum atomic E-state index is 16.0. The minimum absolute atomic E-state index is 0.00955. The zero-order chi connectivity index (χ0) is 62.8. The number of fused-ring (bicyclic) bond motifs is 10. The van der Waals surface area contributed by atoms with Crippen LogP contribution in [0.2, 0.25) is 0 Å². The fourth-order valence-electron chi connectivity index (χ4n) is 10.7. The number of aromatic amines is 2. The molecule has 6 saturated heterocycles. The van der Waals surface area contributed by atoms with Gasteiger partial charge in [-0.3, -0.25) is 55.9 Å². The zero-order valence-electron chi connectivity index (χ0n) is 44.7. The first kappa shape index (κ1) is 62.7. The molecule has 0 aliphatic carbocycles. The van der Waals surface area contributed by atoms with E-state index in [2.05, 4.69) is 62.1 Å². The zero-order valence-corrected chi connectivity index (χ0v) is 51.6. The summed E-state index contributed by atoms with van der Waals surface area (Å²) in [5.41, 5.74) is 24.0. The third-order valence-corrected chi connectivity index (χ3v) is 21.0. The molecule has 14 heterocycles. The summed E-state index contributed by atoms with van der Waals surface area (Å²) in [6.07, 6.45) is -11.6. The molecule has 6 aliphatic heterocycles. The molecule has 6 aliphatic rings. The number of imidazole rings is 4. The van der Waals surface area contributed by atoms with Gasteiger partial charge in [0.2, 0.25) is 11.9 Å². The standard InChI is InChI=1S/C21H24FN9O10P2S2.C21H25N9O10P2S2/c22-10-14-9(39-19(10)30-5-26-11-7(23)1-2-25-16(11)30)4-37-43(35,45)41-15-13(32)8(3-36-42(34,44)40-14)38-20(15)31-6-27-12-17(31)28-21(24)29-18(12)33;22-9-1-2-24-16-12(9)25-6-29(16)20-14(31)15-11(38-20)5-36-41(33,43)39-10-3-8(4-35-42(34,44)40-15)37-19(10)30-7-26-13-17(30)27-21(23)28-18(13)32/h1-2,5-6,8-10,13-15,19-20,32H,3-4H2,(H2,23,25)(H,34,44)(H,35,45)(H3,24,28,29,33);1-2,6-8,10-11,14-15,19-20,31H,3-5H2,(H2,22,24)(H,33,43)(H,34,44)(H3,23,27,28,32)/t8-,9-,10?,13+,14+,15?,19-,20-,42?,43?;8-,10?,11+,14?,15-,19+,20+,41?,42?/m10/s1. The Bertz CT molecular complexity index is 4400. The second-order valence-corrected chi connectivity index (χ2v) is 31.7. The summed E-state index contributed by atoms with van der Waals surface area (Å²) in [4.78, 5) is 95.7. The van der Waals surface area contributed by atoms with Gasteiger partial charge in [-0.2, -0.15) is 9.97 Å². The quantitative estimate of drug-likeness (QED) is 0.0803. The second kappa shape index (κ2) is 23.8. The predicted molar refractivity (Wildman–Crippen MR) is 316 cm³/mol. The van der Waals surface area contributed by atoms with Gasteiger partial charge in [-0.05, 0) is 47.6 Å². The maximum absolute atomic E-state index is 16.0. The molecule has 8 unspecified atom stereocenters. The number of hydrogen-bond acceptors (Lipinski definition) is 32. The molecule has 89 heavy (non-hydrogen) atoms. The minimum atomic E-state index is -4.26. The van der Waals surface area contributed by atoms with Crippen LogP contribution < -0.4 is 34.1 Å². The van der Waals surface area contributed by atoms with Crippen molar-refractivity contribution in [1.82, 2.24) is 68.1 Å². The number of nitrogen functional groups attached to an aromatic ring is 4. The molecule has 14 rings (SSSR count). The van der Waals surface area contributed by atoms with E-state index in [4.69, 9.17) is 113 Å². The summed E-state index contributed by atoms with van der Waals surface area (Å²) in [5, 5.41) is 22.4. The van der Waals surface area contributed by atoms with E-state index in [0.717, 1.165) is 0 Å². The molecule has 0 amide bonds. The molecule has 0 spiro atoms. The summed E-state index contributed by atoms with van der Waals surface area (Å²) in [5.74, 6) is -0.375. The number of hydrogen-bond donors (Lipinski definition) is 12. The lowest BCUT2D eigenvalue weighted by Gasteiger charge is -2.27. The fraction of sp³-hybridized carbons (Fsp3) is 0.476. The molecule has 0 radical (unpaired) electrons. The molecule has 8 aromatic heterocycles. The number of H-pyrrole nitrogens is 2. The maximum Gasteiger partial charge on any atom is 0.386 e. The number of halogens is 1. The van der Waals surface area contributed by atoms with Crippen LogP contribution in [0, 0.1) is 0 Å². The van der Waals surface area contributed by atoms with Crippen LogP contribution in [0.5, 0.6) is 0 Å². The Kier molecular flexibility index (Phi) is 16.8. The Hall–Kier alpha value is -5.08. The van der Waals surface area contributed by atoms with Crippen LogP contribution in [0.4, 0.5) is 27.7 Å². The first-order valence-electron chi connectivity index (χ1n) is 26.0. The second-order valence-electron chi connectivity index (χ2n) is 20.4. The SMILES string of the molecule is Nc1nc2c(ncn2[C@@H]2O[C@@H]3COP(=O)(S)O[C@@H]4C(O)[C@H](n5cnc6c(N)ccnc65)O[C@@H]4COP(O)(=S)OC2C3)c(=O)[nH]1.Nc1nc2c(ncn2[C@@H]2O[C@@H]3COP(O)(=S)O[C@@H]4C(F)[C@H](n5cnc6c(N)ccnc65)O[C@@H]4COP(O)(=S)OC2[C@H]3O)c(=O)[nH]1. The molecule has 0 aromatic carbocycles. The van der Waals surface area contributed by atoms with Gasteiger partial charge in [0.05, 0.1) is 69.2 Å². The molecular weight excluding hydrogens is 1350 g/mol. The van der Waals surface area contributed by atoms with E-state index in [9.17, 15) is 39.0 Å². The number of anilines is 4. The van der Waals surface area contributed by atoms with E-state index in [-0.39, 0.29) is 52.9 Å². The van der Waals surface area contributed by atoms with Crippen molar-refractivity contribution in [2.75, 3.05) is 49.4 Å². The summed E-state index contributed by atoms with van der Waals surface area (Å²) < 4.78 is 104. The van der Waals surface area contributed by atoms with Crippen molar-refractivity contribution in [1.29, 1.82) is 0 Å². The Morgan fingerprint density at radius 3 is 1.57 bits per heavy atom. The number of aromatic nitrogens is 14. The number of nitrogens with two attached hydrogens (primary N) is 4. The summed E-state index contributed by atoms with van der Waals surface area (Å²) in [6.45, 7) is -18.6. The van der Waals surface area contributed by atoms with Crippen LogP contribution in [0.3, 0.4) is 0 Å². The van der Waals surface area contributed by atoms with Gasteiger partial charge in [0.15, 0.2) is 64.7 Å². The Balaban J connectivity index is 0.000000164. The normalized spacial score (nSPS) is 37.1. The van der Waals surface area contributed by atoms with Crippen molar-refractivity contribution >= 4 is 143 Å². The highest BCUT2D eigenvalue weighted by atomic mass is 32.7. The van der Waals surface area contributed by atoms with E-state index in [1.165, 1.54) is 62.0 Å². The van der Waals surface area contributed by atoms with Gasteiger partial charge in [-0.15, -0.1) is 0 Å². The molecule has 47 heteroatoms. The molecule has 19 atom stereocenters. The number of nitrogens with one attached hydrogen (secondary N) is 2. The van der Waals surface area contributed by atoms with Crippen molar-refractivity contribution < 1.29 is 89.0 Å². The smallest absolute Gasteiger partial charge is 0.386 e. The highest BCUT2D eigenvalue weighted by molar-refractivity contribution is 8.44. The van der Waals surface area contributed by atoms with E-state index in [0.29, 0.717) is 28.1 Å². The van der Waals surface area contributed by atoms with E-state index < -0.39 is 150 Å². The van der Waals surface area contributed by atoms with Gasteiger partial charge in [0, 0.05) is 18.8 Å². The van der Waals surface area contributed by atoms with E-state index >= 15 is 4.39 Å². The third-order valence-electron chi connectivity index (χ3n) is 14.7. The van der Waals surface area contributed by atoms with Crippen molar-refractivity contribution in [3.8, 4) is 0 Å². The number of ether oxygens (including phenoxy) is 4. The van der Waals surface area contributed by atoms with Crippen LogP contribution in [0.15, 0.2) is 59.4 Å². The van der Waals surface area contributed by atoms with Crippen molar-refractivity contribution in [2.45, 2.75) is 98.5 Å². The molecule has 4 bridgehead atoms. The van der Waals surface area contributed by atoms with Gasteiger partial charge in [0.25, 0.3) is 11.1 Å². The Morgan fingerprint density at radius 2 is 1.00 bits per heavy atom. The lowest BCUT2D eigenvalue weighted by Crippen LogP contribution is -2.36. The molecule has 6 fully saturated rings. The van der Waals surface area contributed by atoms with E-state index in [1.54, 1.807) is 6.07 Å². The minimum Gasteiger partial charge on any atom is -0.397 e. The summed E-state index contributed by atoms with van der Waals surface area (Å²) in [7, 11) is 0. The summed E-state index contributed by atoms with van der Waals surface area (Å²) >= 11 is 19.8. The third kappa shape index (κ3) is 12.2. The first-order valence-corrected chi connectivity index (χ1v) is 36.5. The van der Waals surface area contributed by atoms with Crippen molar-refractivity contribution in [3.63, 3.8) is 0 Å². The lowest BCUT2D eigenvalue weighted by molar-refractivity contribution is -0.0602. The number of pyridine rings is 2. The molecule has 478 valence electrons. The number of aliphatic hydroxyl groups is 2. The van der Waals surface area contributed by atoms with E-state index in [1.807, 2.05) is 0 Å². The average Bonchev–Trinajstić information content (AvgIpc) is 1.68. The first-order chi connectivity index (χ1) is 42.2. The van der Waals surface area contributed by atoms with Crippen molar-refractivity contribution in [3.05, 3.63) is 70.5 Å². The van der Waals surface area contributed by atoms with Crippen molar-refractivity contribution in [2.24, 2.45) is 0 Å². The van der Waals surface area contributed by atoms with Crippen LogP contribution in [-0.4, -0.2) is 187 Å². The average molecular weight is 1400 g/mol. The van der Waals surface area contributed by atoms with Gasteiger partial charge >= 0.3 is 27.0 Å². The van der Waals surface area contributed by atoms with Gasteiger partial charge in [-0.25, -0.2) is 38.9 Å². The van der Waals surface area contributed by atoms with Crippen LogP contribution >= 0.6 is 39.2 Å². The lowest BCUT2D eigenvalue weighted by atomic mass is 10.1.